The number of Topliss-reactive ketones (excluding diaryl/α,β-unsaturated/α-hetero) is 1. The van der Waals surface area contributed by atoms with Crippen molar-refractivity contribution in [2.45, 2.75) is 91.1 Å². The van der Waals surface area contributed by atoms with Crippen LogP contribution in [0.15, 0.2) is 12.2 Å². The van der Waals surface area contributed by atoms with Crippen LogP contribution < -0.4 is 0 Å². The molecule has 1 aliphatic rings. The van der Waals surface area contributed by atoms with E-state index < -0.39 is 5.60 Å². The van der Waals surface area contributed by atoms with E-state index in [9.17, 15) is 9.59 Å². The standard InChI is InChI=1S/C20H34O3/c1-5-6-7-8-9-10-11-16(2)19(22)23-20(3,4)17-12-14-18(21)15-13-17/h8-9,16-17H,5-7,10-15H2,1-4H3. The third-order valence-corrected chi connectivity index (χ3v) is 4.95. The zero-order valence-electron chi connectivity index (χ0n) is 15.4. The SMILES string of the molecule is CCCCC=CCCC(C)C(=O)OC(C)(C)C1CCC(=O)CC1. The molecule has 0 aromatic rings. The summed E-state index contributed by atoms with van der Waals surface area (Å²) in [5.41, 5.74) is -0.469. The zero-order chi connectivity index (χ0) is 17.3. The highest BCUT2D eigenvalue weighted by Gasteiger charge is 2.36. The van der Waals surface area contributed by atoms with Crippen molar-refractivity contribution in [2.75, 3.05) is 0 Å². The quantitative estimate of drug-likeness (QED) is 0.331. The van der Waals surface area contributed by atoms with Crippen molar-refractivity contribution in [1.29, 1.82) is 0 Å². The van der Waals surface area contributed by atoms with E-state index >= 15 is 0 Å². The Labute approximate surface area is 141 Å². The average molecular weight is 322 g/mol. The van der Waals surface area contributed by atoms with Crippen molar-refractivity contribution in [3.8, 4) is 0 Å². The Morgan fingerprint density at radius 3 is 2.48 bits per heavy atom. The maximum atomic E-state index is 12.3. The van der Waals surface area contributed by atoms with Gasteiger partial charge in [0.15, 0.2) is 0 Å². The van der Waals surface area contributed by atoms with Gasteiger partial charge in [0.1, 0.15) is 11.4 Å². The number of allylic oxidation sites excluding steroid dienone is 2. The van der Waals surface area contributed by atoms with E-state index in [0.717, 1.165) is 32.1 Å². The molecule has 0 aliphatic heterocycles. The second-order valence-electron chi connectivity index (χ2n) is 7.43. The van der Waals surface area contributed by atoms with Crippen molar-refractivity contribution in [1.82, 2.24) is 0 Å². The fourth-order valence-corrected chi connectivity index (χ4v) is 3.10. The molecule has 1 rings (SSSR count). The second-order valence-corrected chi connectivity index (χ2v) is 7.43. The number of unbranched alkanes of at least 4 members (excludes halogenated alkanes) is 2. The van der Waals surface area contributed by atoms with Crippen LogP contribution in [0.3, 0.4) is 0 Å². The maximum Gasteiger partial charge on any atom is 0.309 e. The van der Waals surface area contributed by atoms with Crippen molar-refractivity contribution in [2.24, 2.45) is 11.8 Å². The predicted octanol–water partition coefficient (Wildman–Crippen LogP) is 5.23. The van der Waals surface area contributed by atoms with Crippen LogP contribution in [0.25, 0.3) is 0 Å². The number of carbonyl (C=O) groups is 2. The summed E-state index contributed by atoms with van der Waals surface area (Å²) in [6.45, 7) is 8.12. The highest BCUT2D eigenvalue weighted by molar-refractivity contribution is 5.79. The highest BCUT2D eigenvalue weighted by atomic mass is 16.6. The van der Waals surface area contributed by atoms with Gasteiger partial charge in [-0.2, -0.15) is 0 Å². The van der Waals surface area contributed by atoms with Gasteiger partial charge < -0.3 is 4.74 Å². The van der Waals surface area contributed by atoms with Gasteiger partial charge in [-0.25, -0.2) is 0 Å². The third kappa shape index (κ3) is 7.32. The molecule has 132 valence electrons. The third-order valence-electron chi connectivity index (χ3n) is 4.95. The highest BCUT2D eigenvalue weighted by Crippen LogP contribution is 2.34. The second kappa shape index (κ2) is 9.89. The van der Waals surface area contributed by atoms with Crippen LogP contribution in [0.5, 0.6) is 0 Å². The van der Waals surface area contributed by atoms with E-state index in [1.54, 1.807) is 0 Å². The minimum absolute atomic E-state index is 0.0738. The van der Waals surface area contributed by atoms with Crippen LogP contribution in [-0.2, 0) is 14.3 Å². The number of ketones is 1. The van der Waals surface area contributed by atoms with Crippen LogP contribution in [0, 0.1) is 11.8 Å². The van der Waals surface area contributed by atoms with Gasteiger partial charge in [-0.15, -0.1) is 0 Å². The number of hydrogen-bond acceptors (Lipinski definition) is 3. The maximum absolute atomic E-state index is 12.3. The predicted molar refractivity (Wildman–Crippen MR) is 94.2 cm³/mol. The minimum Gasteiger partial charge on any atom is -0.459 e. The lowest BCUT2D eigenvalue weighted by atomic mass is 9.78. The van der Waals surface area contributed by atoms with Crippen LogP contribution in [-0.4, -0.2) is 17.4 Å². The van der Waals surface area contributed by atoms with Crippen LogP contribution >= 0.6 is 0 Å². The molecule has 3 heteroatoms. The molecule has 1 fully saturated rings. The summed E-state index contributed by atoms with van der Waals surface area (Å²) in [4.78, 5) is 23.7. The molecule has 0 amide bonds. The molecule has 1 saturated carbocycles. The van der Waals surface area contributed by atoms with Gasteiger partial charge in [0.05, 0.1) is 5.92 Å². The lowest BCUT2D eigenvalue weighted by Gasteiger charge is -2.36. The Bertz CT molecular complexity index is 399. The fourth-order valence-electron chi connectivity index (χ4n) is 3.10. The largest absolute Gasteiger partial charge is 0.459 e. The Kier molecular flexibility index (Phi) is 8.57. The Morgan fingerprint density at radius 2 is 1.87 bits per heavy atom. The molecule has 0 N–H and O–H groups in total. The van der Waals surface area contributed by atoms with Gasteiger partial charge in [-0.05, 0) is 51.9 Å². The molecule has 0 aromatic carbocycles. The first-order chi connectivity index (χ1) is 10.9. The topological polar surface area (TPSA) is 43.4 Å². The van der Waals surface area contributed by atoms with E-state index in [1.807, 2.05) is 20.8 Å². The molecule has 0 bridgehead atoms. The number of esters is 1. The zero-order valence-corrected chi connectivity index (χ0v) is 15.4. The number of rotatable bonds is 9. The van der Waals surface area contributed by atoms with E-state index in [1.165, 1.54) is 12.8 Å². The molecule has 0 aromatic heterocycles. The Morgan fingerprint density at radius 1 is 1.26 bits per heavy atom. The summed E-state index contributed by atoms with van der Waals surface area (Å²) < 4.78 is 5.80. The van der Waals surface area contributed by atoms with Gasteiger partial charge in [-0.3, -0.25) is 9.59 Å². The van der Waals surface area contributed by atoms with Crippen LogP contribution in [0.4, 0.5) is 0 Å². The molecule has 23 heavy (non-hydrogen) atoms. The van der Waals surface area contributed by atoms with Crippen molar-refractivity contribution >= 4 is 11.8 Å². The van der Waals surface area contributed by atoms with Gasteiger partial charge in [0.2, 0.25) is 0 Å². The number of hydrogen-bond donors (Lipinski definition) is 0. The first-order valence-corrected chi connectivity index (χ1v) is 9.26. The summed E-state index contributed by atoms with van der Waals surface area (Å²) in [5.74, 6) is 0.459. The number of carbonyl (C=O) groups excluding carboxylic acids is 2. The summed E-state index contributed by atoms with van der Waals surface area (Å²) in [7, 11) is 0. The summed E-state index contributed by atoms with van der Waals surface area (Å²) in [6, 6.07) is 0. The van der Waals surface area contributed by atoms with Gasteiger partial charge >= 0.3 is 5.97 Å². The average Bonchev–Trinajstić information content (AvgIpc) is 2.50. The monoisotopic (exact) mass is 322 g/mol. The van der Waals surface area contributed by atoms with E-state index in [0.29, 0.717) is 24.5 Å². The Balaban J connectivity index is 2.35. The van der Waals surface area contributed by atoms with Crippen LogP contribution in [0.1, 0.15) is 85.5 Å². The van der Waals surface area contributed by atoms with Crippen LogP contribution in [0.2, 0.25) is 0 Å². The smallest absolute Gasteiger partial charge is 0.309 e. The van der Waals surface area contributed by atoms with E-state index in [4.69, 9.17) is 4.74 Å². The summed E-state index contributed by atoms with van der Waals surface area (Å²) in [6.07, 6.45) is 12.7. The molecular weight excluding hydrogens is 288 g/mol. The molecular formula is C20H34O3. The minimum atomic E-state index is -0.469. The lowest BCUT2D eigenvalue weighted by Crippen LogP contribution is -2.40. The van der Waals surface area contributed by atoms with E-state index in [2.05, 4.69) is 19.1 Å². The van der Waals surface area contributed by atoms with Gasteiger partial charge in [0, 0.05) is 12.8 Å². The molecule has 1 atom stereocenters. The normalized spacial score (nSPS) is 18.3. The molecule has 0 heterocycles. The summed E-state index contributed by atoms with van der Waals surface area (Å²) in [5, 5.41) is 0. The molecule has 0 spiro atoms. The summed E-state index contributed by atoms with van der Waals surface area (Å²) >= 11 is 0. The lowest BCUT2D eigenvalue weighted by molar-refractivity contribution is -0.167. The first-order valence-electron chi connectivity index (χ1n) is 9.26. The fraction of sp³-hybridized carbons (Fsp3) is 0.800. The van der Waals surface area contributed by atoms with E-state index in [-0.39, 0.29) is 11.9 Å². The first kappa shape index (κ1) is 19.9. The molecule has 3 nitrogen and oxygen atoms in total. The van der Waals surface area contributed by atoms with Gasteiger partial charge in [0.25, 0.3) is 0 Å². The van der Waals surface area contributed by atoms with Crippen molar-refractivity contribution in [3.63, 3.8) is 0 Å². The molecule has 0 saturated heterocycles. The molecule has 1 aliphatic carbocycles. The van der Waals surface area contributed by atoms with Crippen molar-refractivity contribution < 1.29 is 14.3 Å². The number of ether oxygens (including phenoxy) is 1. The van der Waals surface area contributed by atoms with Gasteiger partial charge in [-0.1, -0.05) is 38.8 Å². The molecule has 1 unspecified atom stereocenters. The molecule has 0 radical (unpaired) electrons. The Hall–Kier alpha value is -1.12. The van der Waals surface area contributed by atoms with Crippen molar-refractivity contribution in [3.05, 3.63) is 12.2 Å².